The average molecular weight is 290 g/mol. The summed E-state index contributed by atoms with van der Waals surface area (Å²) in [5.74, 6) is 0.972. The van der Waals surface area contributed by atoms with Crippen LogP contribution in [0.4, 0.5) is 0 Å². The number of hydrogen-bond donors (Lipinski definition) is 1. The van der Waals surface area contributed by atoms with Crippen LogP contribution in [0, 0.1) is 0 Å². The summed E-state index contributed by atoms with van der Waals surface area (Å²) in [6.07, 6.45) is 3.34. The molecule has 4 nitrogen and oxygen atoms in total. The quantitative estimate of drug-likeness (QED) is 0.871. The zero-order chi connectivity index (χ0) is 14.7. The maximum absolute atomic E-state index is 5.93. The molecule has 2 heterocycles. The van der Waals surface area contributed by atoms with Gasteiger partial charge in [0.25, 0.3) is 0 Å². The van der Waals surface area contributed by atoms with Crippen LogP contribution in [0.3, 0.4) is 0 Å². The van der Waals surface area contributed by atoms with Crippen molar-refractivity contribution < 1.29 is 9.47 Å². The molecular weight excluding hydrogens is 264 g/mol. The van der Waals surface area contributed by atoms with Crippen molar-refractivity contribution in [1.29, 1.82) is 0 Å². The van der Waals surface area contributed by atoms with Crippen molar-refractivity contribution >= 4 is 0 Å². The smallest absolute Gasteiger partial charge is 0.123 e. The van der Waals surface area contributed by atoms with E-state index in [-0.39, 0.29) is 0 Å². The molecule has 2 aliphatic rings. The van der Waals surface area contributed by atoms with E-state index in [4.69, 9.17) is 9.47 Å². The number of rotatable bonds is 6. The van der Waals surface area contributed by atoms with E-state index in [1.807, 2.05) is 12.1 Å². The van der Waals surface area contributed by atoms with Crippen LogP contribution >= 0.6 is 0 Å². The molecule has 21 heavy (non-hydrogen) atoms. The largest absolute Gasteiger partial charge is 0.496 e. The van der Waals surface area contributed by atoms with E-state index in [0.29, 0.717) is 18.2 Å². The maximum atomic E-state index is 5.93. The Balaban J connectivity index is 1.72. The second-order valence-corrected chi connectivity index (χ2v) is 6.03. The summed E-state index contributed by atoms with van der Waals surface area (Å²) in [5, 5.41) is 3.61. The fraction of sp³-hybridized carbons (Fsp3) is 0.647. The fourth-order valence-electron chi connectivity index (χ4n) is 3.58. The van der Waals surface area contributed by atoms with Gasteiger partial charge in [-0.25, -0.2) is 0 Å². The SMILES string of the molecule is CCNC(CN1CC2CCC(C1)O2)c1ccccc1OC. The molecule has 3 rings (SSSR count). The van der Waals surface area contributed by atoms with Crippen LogP contribution in [0.5, 0.6) is 5.75 Å². The molecule has 2 bridgehead atoms. The summed E-state index contributed by atoms with van der Waals surface area (Å²) < 4.78 is 11.5. The summed E-state index contributed by atoms with van der Waals surface area (Å²) >= 11 is 0. The van der Waals surface area contributed by atoms with E-state index in [2.05, 4.69) is 29.3 Å². The highest BCUT2D eigenvalue weighted by atomic mass is 16.5. The molecule has 3 atom stereocenters. The van der Waals surface area contributed by atoms with Gasteiger partial charge in [0.15, 0.2) is 0 Å². The van der Waals surface area contributed by atoms with Gasteiger partial charge in [-0.3, -0.25) is 4.90 Å². The second-order valence-electron chi connectivity index (χ2n) is 6.03. The third kappa shape index (κ3) is 3.39. The lowest BCUT2D eigenvalue weighted by molar-refractivity contribution is -0.0407. The average Bonchev–Trinajstić information content (AvgIpc) is 2.85. The van der Waals surface area contributed by atoms with Gasteiger partial charge in [-0.2, -0.15) is 0 Å². The molecule has 1 N–H and O–H groups in total. The van der Waals surface area contributed by atoms with Crippen molar-refractivity contribution in [3.05, 3.63) is 29.8 Å². The first-order chi connectivity index (χ1) is 10.3. The van der Waals surface area contributed by atoms with Gasteiger partial charge in [0.05, 0.1) is 19.3 Å². The molecule has 2 fully saturated rings. The van der Waals surface area contributed by atoms with Crippen LogP contribution in [0.25, 0.3) is 0 Å². The third-order valence-corrected chi connectivity index (χ3v) is 4.52. The predicted molar refractivity (Wildman–Crippen MR) is 83.7 cm³/mol. The first-order valence-corrected chi connectivity index (χ1v) is 8.04. The Hall–Kier alpha value is -1.10. The van der Waals surface area contributed by atoms with Crippen molar-refractivity contribution in [1.82, 2.24) is 10.2 Å². The number of morpholine rings is 1. The Morgan fingerprint density at radius 3 is 2.67 bits per heavy atom. The van der Waals surface area contributed by atoms with Gasteiger partial charge >= 0.3 is 0 Å². The standard InChI is InChI=1S/C17H26N2O2/c1-3-18-16(15-6-4-5-7-17(15)20-2)12-19-10-13-8-9-14(11-19)21-13/h4-7,13-14,16,18H,3,8-12H2,1-2H3. The molecule has 0 amide bonds. The molecule has 2 aliphatic heterocycles. The van der Waals surface area contributed by atoms with Gasteiger partial charge in [0, 0.05) is 31.2 Å². The predicted octanol–water partition coefficient (Wildman–Crippen LogP) is 2.21. The zero-order valence-corrected chi connectivity index (χ0v) is 13.0. The van der Waals surface area contributed by atoms with Crippen LogP contribution < -0.4 is 10.1 Å². The Kier molecular flexibility index (Phi) is 4.78. The van der Waals surface area contributed by atoms with Crippen molar-refractivity contribution in [2.75, 3.05) is 33.3 Å². The monoisotopic (exact) mass is 290 g/mol. The normalized spacial score (nSPS) is 26.8. The highest BCUT2D eigenvalue weighted by molar-refractivity contribution is 5.36. The lowest BCUT2D eigenvalue weighted by atomic mass is 10.0. The van der Waals surface area contributed by atoms with Gasteiger partial charge in [0.2, 0.25) is 0 Å². The van der Waals surface area contributed by atoms with Gasteiger partial charge < -0.3 is 14.8 Å². The molecule has 1 aromatic rings. The third-order valence-electron chi connectivity index (χ3n) is 4.52. The fourth-order valence-corrected chi connectivity index (χ4v) is 3.58. The number of nitrogens with zero attached hydrogens (tertiary/aromatic N) is 1. The van der Waals surface area contributed by atoms with E-state index >= 15 is 0 Å². The minimum atomic E-state index is 0.309. The Morgan fingerprint density at radius 1 is 1.29 bits per heavy atom. The summed E-state index contributed by atoms with van der Waals surface area (Å²) in [7, 11) is 1.75. The molecule has 0 spiro atoms. The van der Waals surface area contributed by atoms with Gasteiger partial charge in [-0.05, 0) is 25.5 Å². The van der Waals surface area contributed by atoms with Gasteiger partial charge in [-0.15, -0.1) is 0 Å². The molecule has 0 radical (unpaired) electrons. The van der Waals surface area contributed by atoms with Gasteiger partial charge in [0.1, 0.15) is 5.75 Å². The van der Waals surface area contributed by atoms with Crippen LogP contribution in [0.2, 0.25) is 0 Å². The molecule has 0 aliphatic carbocycles. The molecule has 116 valence electrons. The molecule has 0 aromatic heterocycles. The van der Waals surface area contributed by atoms with Gasteiger partial charge in [-0.1, -0.05) is 25.1 Å². The van der Waals surface area contributed by atoms with Crippen molar-refractivity contribution in [2.24, 2.45) is 0 Å². The lowest BCUT2D eigenvalue weighted by Gasteiger charge is -2.35. The molecule has 2 saturated heterocycles. The van der Waals surface area contributed by atoms with E-state index in [1.54, 1.807) is 7.11 Å². The minimum Gasteiger partial charge on any atom is -0.496 e. The molecule has 1 aromatic carbocycles. The van der Waals surface area contributed by atoms with E-state index < -0.39 is 0 Å². The summed E-state index contributed by atoms with van der Waals surface area (Å²) in [4.78, 5) is 2.55. The Bertz CT molecular complexity index is 454. The number of methoxy groups -OCH3 is 1. The summed E-state index contributed by atoms with van der Waals surface area (Å²) in [5.41, 5.74) is 1.25. The topological polar surface area (TPSA) is 33.7 Å². The highest BCUT2D eigenvalue weighted by Crippen LogP contribution is 2.30. The summed E-state index contributed by atoms with van der Waals surface area (Å²) in [6.45, 7) is 6.26. The van der Waals surface area contributed by atoms with Crippen molar-refractivity contribution in [3.8, 4) is 5.75 Å². The Morgan fingerprint density at radius 2 is 2.00 bits per heavy atom. The van der Waals surface area contributed by atoms with E-state index in [0.717, 1.165) is 31.9 Å². The van der Waals surface area contributed by atoms with E-state index in [9.17, 15) is 0 Å². The van der Waals surface area contributed by atoms with Crippen LogP contribution in [-0.2, 0) is 4.74 Å². The number of para-hydroxylation sites is 1. The highest BCUT2D eigenvalue weighted by Gasteiger charge is 2.34. The zero-order valence-electron chi connectivity index (χ0n) is 13.0. The number of fused-ring (bicyclic) bond motifs is 2. The van der Waals surface area contributed by atoms with Crippen LogP contribution in [0.15, 0.2) is 24.3 Å². The van der Waals surface area contributed by atoms with Crippen LogP contribution in [-0.4, -0.2) is 50.4 Å². The maximum Gasteiger partial charge on any atom is 0.123 e. The molecule has 4 heteroatoms. The summed E-state index contributed by atoms with van der Waals surface area (Å²) in [6, 6.07) is 8.64. The Labute approximate surface area is 127 Å². The van der Waals surface area contributed by atoms with Crippen molar-refractivity contribution in [3.63, 3.8) is 0 Å². The van der Waals surface area contributed by atoms with E-state index in [1.165, 1.54) is 18.4 Å². The molecule has 0 saturated carbocycles. The first-order valence-electron chi connectivity index (χ1n) is 8.04. The van der Waals surface area contributed by atoms with Crippen molar-refractivity contribution in [2.45, 2.75) is 38.0 Å². The number of benzene rings is 1. The molecular formula is C17H26N2O2. The number of ether oxygens (including phenoxy) is 2. The molecule has 3 unspecified atom stereocenters. The minimum absolute atomic E-state index is 0.309. The first kappa shape index (κ1) is 14.8. The lowest BCUT2D eigenvalue weighted by Crippen LogP contribution is -2.46. The number of hydrogen-bond acceptors (Lipinski definition) is 4. The number of likely N-dealkylation sites (N-methyl/N-ethyl adjacent to an activating group) is 1. The number of likely N-dealkylation sites (tertiary alicyclic amines) is 1. The van der Waals surface area contributed by atoms with Crippen LogP contribution in [0.1, 0.15) is 31.4 Å². The number of nitrogens with one attached hydrogen (secondary N) is 1. The second kappa shape index (κ2) is 6.77.